The first kappa shape index (κ1) is 13.9. The Labute approximate surface area is 129 Å². The average Bonchev–Trinajstić information content (AvgIpc) is 3.29. The molecule has 1 N–H and O–H groups in total. The molecule has 1 saturated carbocycles. The average molecular weight is 334 g/mol. The van der Waals surface area contributed by atoms with E-state index in [1.165, 1.54) is 32.2 Å². The summed E-state index contributed by atoms with van der Waals surface area (Å²) >= 11 is 3.49. The van der Waals surface area contributed by atoms with Gasteiger partial charge in [-0.15, -0.1) is 0 Å². The molecule has 1 saturated heterocycles. The number of nitriles is 1. The Balaban J connectivity index is 1.57. The second-order valence-corrected chi connectivity index (χ2v) is 6.84. The van der Waals surface area contributed by atoms with E-state index in [0.717, 1.165) is 34.7 Å². The highest BCUT2D eigenvalue weighted by atomic mass is 79.9. The molecule has 1 aliphatic heterocycles. The first-order chi connectivity index (χ1) is 9.74. The SMILES string of the molecule is N#Cc1cc(Br)cc(N2CCC(NCC3CC3)CC2)c1. The second-order valence-electron chi connectivity index (χ2n) is 5.92. The molecular weight excluding hydrogens is 314 g/mol. The minimum Gasteiger partial charge on any atom is -0.371 e. The smallest absolute Gasteiger partial charge is 0.0992 e. The summed E-state index contributed by atoms with van der Waals surface area (Å²) < 4.78 is 0.987. The van der Waals surface area contributed by atoms with Gasteiger partial charge in [-0.3, -0.25) is 0 Å². The highest BCUT2D eigenvalue weighted by molar-refractivity contribution is 9.10. The molecule has 0 atom stereocenters. The fourth-order valence-corrected chi connectivity index (χ4v) is 3.30. The van der Waals surface area contributed by atoms with Crippen molar-refractivity contribution in [1.82, 2.24) is 5.32 Å². The van der Waals surface area contributed by atoms with Crippen LogP contribution in [0.25, 0.3) is 0 Å². The monoisotopic (exact) mass is 333 g/mol. The molecule has 0 amide bonds. The van der Waals surface area contributed by atoms with Crippen molar-refractivity contribution in [3.8, 4) is 6.07 Å². The van der Waals surface area contributed by atoms with Gasteiger partial charge in [0.1, 0.15) is 0 Å². The quantitative estimate of drug-likeness (QED) is 0.918. The lowest BCUT2D eigenvalue weighted by molar-refractivity contribution is 0.409. The van der Waals surface area contributed by atoms with E-state index in [-0.39, 0.29) is 0 Å². The fraction of sp³-hybridized carbons (Fsp3) is 0.562. The van der Waals surface area contributed by atoms with Crippen molar-refractivity contribution < 1.29 is 0 Å². The molecule has 20 heavy (non-hydrogen) atoms. The van der Waals surface area contributed by atoms with Gasteiger partial charge >= 0.3 is 0 Å². The van der Waals surface area contributed by atoms with E-state index in [1.54, 1.807) is 0 Å². The summed E-state index contributed by atoms with van der Waals surface area (Å²) in [6, 6.07) is 8.87. The van der Waals surface area contributed by atoms with Gasteiger partial charge in [0.2, 0.25) is 0 Å². The van der Waals surface area contributed by atoms with Crippen LogP contribution in [0, 0.1) is 17.2 Å². The summed E-state index contributed by atoms with van der Waals surface area (Å²) in [5.74, 6) is 0.955. The van der Waals surface area contributed by atoms with Gasteiger partial charge in [0.25, 0.3) is 0 Å². The third-order valence-corrected chi connectivity index (χ3v) is 4.72. The normalized spacial score (nSPS) is 19.9. The molecule has 2 aliphatic rings. The van der Waals surface area contributed by atoms with Crippen molar-refractivity contribution in [2.45, 2.75) is 31.7 Å². The summed E-state index contributed by atoms with van der Waals surface area (Å²) in [6.07, 6.45) is 5.23. The van der Waals surface area contributed by atoms with Crippen LogP contribution in [0.1, 0.15) is 31.2 Å². The summed E-state index contributed by atoms with van der Waals surface area (Å²) in [5, 5.41) is 12.8. The highest BCUT2D eigenvalue weighted by Gasteiger charge is 2.24. The van der Waals surface area contributed by atoms with Crippen molar-refractivity contribution in [1.29, 1.82) is 5.26 Å². The first-order valence-corrected chi connectivity index (χ1v) is 8.23. The predicted molar refractivity (Wildman–Crippen MR) is 84.8 cm³/mol. The lowest BCUT2D eigenvalue weighted by atomic mass is 10.0. The number of piperidine rings is 1. The molecule has 1 aromatic carbocycles. The maximum Gasteiger partial charge on any atom is 0.0992 e. The summed E-state index contributed by atoms with van der Waals surface area (Å²) in [7, 11) is 0. The minimum atomic E-state index is 0.675. The minimum absolute atomic E-state index is 0.675. The van der Waals surface area contributed by atoms with Gasteiger partial charge in [-0.2, -0.15) is 5.26 Å². The summed E-state index contributed by atoms with van der Waals surface area (Å²) in [6.45, 7) is 3.35. The molecule has 3 nitrogen and oxygen atoms in total. The van der Waals surface area contributed by atoms with Crippen LogP contribution in [-0.4, -0.2) is 25.7 Å². The number of anilines is 1. The molecule has 1 aliphatic carbocycles. The zero-order chi connectivity index (χ0) is 13.9. The van der Waals surface area contributed by atoms with Crippen molar-refractivity contribution in [2.24, 2.45) is 5.92 Å². The van der Waals surface area contributed by atoms with Crippen LogP contribution >= 0.6 is 15.9 Å². The third kappa shape index (κ3) is 3.53. The van der Waals surface area contributed by atoms with E-state index < -0.39 is 0 Å². The lowest BCUT2D eigenvalue weighted by Crippen LogP contribution is -2.43. The Kier molecular flexibility index (Phi) is 4.28. The van der Waals surface area contributed by atoms with Gasteiger partial charge in [0.15, 0.2) is 0 Å². The van der Waals surface area contributed by atoms with Crippen LogP contribution in [0.2, 0.25) is 0 Å². The molecule has 106 valence electrons. The van der Waals surface area contributed by atoms with Crippen molar-refractivity contribution in [3.05, 3.63) is 28.2 Å². The maximum atomic E-state index is 9.06. The van der Waals surface area contributed by atoms with E-state index in [0.29, 0.717) is 6.04 Å². The van der Waals surface area contributed by atoms with Gasteiger partial charge < -0.3 is 10.2 Å². The Morgan fingerprint density at radius 2 is 1.95 bits per heavy atom. The lowest BCUT2D eigenvalue weighted by Gasteiger charge is -2.34. The Morgan fingerprint density at radius 1 is 1.20 bits per heavy atom. The van der Waals surface area contributed by atoms with E-state index >= 15 is 0 Å². The predicted octanol–water partition coefficient (Wildman–Crippen LogP) is 3.29. The molecule has 2 fully saturated rings. The molecular formula is C16H20BrN3. The number of hydrogen-bond donors (Lipinski definition) is 1. The van der Waals surface area contributed by atoms with E-state index in [2.05, 4.69) is 38.3 Å². The van der Waals surface area contributed by atoms with Crippen molar-refractivity contribution in [3.63, 3.8) is 0 Å². The number of nitrogens with zero attached hydrogens (tertiary/aromatic N) is 2. The molecule has 0 bridgehead atoms. The van der Waals surface area contributed by atoms with E-state index in [1.807, 2.05) is 12.1 Å². The van der Waals surface area contributed by atoms with Crippen molar-refractivity contribution >= 4 is 21.6 Å². The highest BCUT2D eigenvalue weighted by Crippen LogP contribution is 2.29. The topological polar surface area (TPSA) is 39.1 Å². The number of nitrogens with one attached hydrogen (secondary N) is 1. The van der Waals surface area contributed by atoms with Gasteiger partial charge in [0.05, 0.1) is 11.6 Å². The standard InChI is InChI=1S/C16H20BrN3/c17-14-7-13(10-18)8-16(9-14)20-5-3-15(4-6-20)19-11-12-1-2-12/h7-9,12,15,19H,1-6,11H2. The van der Waals surface area contributed by atoms with Gasteiger partial charge in [0, 0.05) is 29.3 Å². The van der Waals surface area contributed by atoms with Crippen LogP contribution in [0.5, 0.6) is 0 Å². The second kappa shape index (κ2) is 6.15. The Morgan fingerprint density at radius 3 is 2.60 bits per heavy atom. The Hall–Kier alpha value is -1.05. The molecule has 1 heterocycles. The maximum absolute atomic E-state index is 9.06. The molecule has 0 spiro atoms. The number of halogens is 1. The Bertz CT molecular complexity index is 511. The van der Waals surface area contributed by atoms with Crippen LogP contribution < -0.4 is 10.2 Å². The first-order valence-electron chi connectivity index (χ1n) is 7.43. The molecule has 1 aromatic rings. The molecule has 0 aromatic heterocycles. The third-order valence-electron chi connectivity index (χ3n) is 4.26. The molecule has 0 radical (unpaired) electrons. The number of benzene rings is 1. The fourth-order valence-electron chi connectivity index (χ4n) is 2.82. The van der Waals surface area contributed by atoms with Gasteiger partial charge in [-0.1, -0.05) is 15.9 Å². The molecule has 4 heteroatoms. The van der Waals surface area contributed by atoms with Crippen LogP contribution in [0.4, 0.5) is 5.69 Å². The van der Waals surface area contributed by atoms with Crippen LogP contribution in [0.15, 0.2) is 22.7 Å². The molecule has 3 rings (SSSR count). The molecule has 0 unspecified atom stereocenters. The van der Waals surface area contributed by atoms with Crippen LogP contribution in [-0.2, 0) is 0 Å². The number of hydrogen-bond acceptors (Lipinski definition) is 3. The van der Waals surface area contributed by atoms with Crippen molar-refractivity contribution in [2.75, 3.05) is 24.5 Å². The van der Waals surface area contributed by atoms with Crippen LogP contribution in [0.3, 0.4) is 0 Å². The summed E-state index contributed by atoms with van der Waals surface area (Å²) in [4.78, 5) is 2.39. The van der Waals surface area contributed by atoms with E-state index in [9.17, 15) is 0 Å². The zero-order valence-corrected chi connectivity index (χ0v) is 13.2. The number of rotatable bonds is 4. The van der Waals surface area contributed by atoms with Gasteiger partial charge in [-0.25, -0.2) is 0 Å². The largest absolute Gasteiger partial charge is 0.371 e. The zero-order valence-electron chi connectivity index (χ0n) is 11.6. The van der Waals surface area contributed by atoms with Gasteiger partial charge in [-0.05, 0) is 56.3 Å². The van der Waals surface area contributed by atoms with E-state index in [4.69, 9.17) is 5.26 Å². The summed E-state index contributed by atoms with van der Waals surface area (Å²) in [5.41, 5.74) is 1.89.